The molecule has 0 aliphatic carbocycles. The molecule has 0 aliphatic heterocycles. The predicted molar refractivity (Wildman–Crippen MR) is 132 cm³/mol. The smallest absolute Gasteiger partial charge is 0.278 e. The largest absolute Gasteiger partial charge is 0.497 e. The highest BCUT2D eigenvalue weighted by Crippen LogP contribution is 2.27. The highest BCUT2D eigenvalue weighted by molar-refractivity contribution is 5.95. The zero-order chi connectivity index (χ0) is 24.2. The van der Waals surface area contributed by atoms with E-state index in [1.54, 1.807) is 61.7 Å². The maximum absolute atomic E-state index is 13.6. The van der Waals surface area contributed by atoms with Gasteiger partial charge in [0, 0.05) is 18.2 Å². The first kappa shape index (κ1) is 22.7. The summed E-state index contributed by atoms with van der Waals surface area (Å²) in [5, 5.41) is 5.57. The van der Waals surface area contributed by atoms with E-state index in [0.717, 1.165) is 5.56 Å². The molecule has 4 rings (SSSR count). The van der Waals surface area contributed by atoms with Crippen molar-refractivity contribution < 1.29 is 14.3 Å². The molecular formula is C26H24N4O4. The number of amides is 2. The number of ether oxygens (including phenoxy) is 1. The van der Waals surface area contributed by atoms with Gasteiger partial charge in [-0.15, -0.1) is 0 Å². The Morgan fingerprint density at radius 1 is 1.00 bits per heavy atom. The minimum Gasteiger partial charge on any atom is -0.497 e. The lowest BCUT2D eigenvalue weighted by Gasteiger charge is -2.15. The van der Waals surface area contributed by atoms with Crippen molar-refractivity contribution in [3.63, 3.8) is 0 Å². The van der Waals surface area contributed by atoms with E-state index < -0.39 is 5.56 Å². The molecule has 3 aromatic carbocycles. The molecule has 34 heavy (non-hydrogen) atoms. The number of rotatable bonds is 6. The van der Waals surface area contributed by atoms with E-state index in [9.17, 15) is 14.4 Å². The molecule has 1 heterocycles. The topological polar surface area (TPSA) is 102 Å². The number of para-hydroxylation sites is 2. The number of aromatic nitrogens is 2. The van der Waals surface area contributed by atoms with Gasteiger partial charge in [0.05, 0.1) is 23.8 Å². The lowest BCUT2D eigenvalue weighted by Crippen LogP contribution is -2.30. The van der Waals surface area contributed by atoms with Crippen LogP contribution in [0.4, 0.5) is 11.4 Å². The molecule has 0 radical (unpaired) electrons. The number of methoxy groups -OCH3 is 1. The van der Waals surface area contributed by atoms with Gasteiger partial charge < -0.3 is 15.4 Å². The van der Waals surface area contributed by atoms with Gasteiger partial charge >= 0.3 is 0 Å². The number of anilines is 2. The van der Waals surface area contributed by atoms with Crippen LogP contribution in [0.2, 0.25) is 0 Å². The average Bonchev–Trinajstić information content (AvgIpc) is 2.82. The Morgan fingerprint density at radius 3 is 2.44 bits per heavy atom. The molecule has 0 spiro atoms. The van der Waals surface area contributed by atoms with Gasteiger partial charge in [-0.1, -0.05) is 23.8 Å². The zero-order valence-corrected chi connectivity index (χ0v) is 19.1. The standard InChI is InChI=1S/C26H24N4O4/c1-16-8-13-21(27-17(2)31)20(14-16)25-26(33)30(23-7-5-4-6-22(23)29-25)15-24(32)28-18-9-11-19(34-3)12-10-18/h4-14H,15H2,1-3H3,(H,27,31)(H,28,32). The van der Waals surface area contributed by atoms with Gasteiger partial charge in [0.1, 0.15) is 18.0 Å². The number of aryl methyl sites for hydroxylation is 1. The summed E-state index contributed by atoms with van der Waals surface area (Å²) >= 11 is 0. The molecule has 0 atom stereocenters. The summed E-state index contributed by atoms with van der Waals surface area (Å²) in [6.45, 7) is 3.09. The Kier molecular flexibility index (Phi) is 6.40. The van der Waals surface area contributed by atoms with Crippen molar-refractivity contribution in [3.8, 4) is 17.0 Å². The van der Waals surface area contributed by atoms with Gasteiger partial charge in [-0.2, -0.15) is 0 Å². The maximum Gasteiger partial charge on any atom is 0.278 e. The molecule has 8 nitrogen and oxygen atoms in total. The van der Waals surface area contributed by atoms with E-state index >= 15 is 0 Å². The third-order valence-electron chi connectivity index (χ3n) is 5.27. The third kappa shape index (κ3) is 4.80. The van der Waals surface area contributed by atoms with Crippen molar-refractivity contribution in [1.82, 2.24) is 9.55 Å². The molecular weight excluding hydrogens is 432 g/mol. The van der Waals surface area contributed by atoms with Crippen LogP contribution < -0.4 is 20.9 Å². The first-order chi connectivity index (χ1) is 16.4. The second kappa shape index (κ2) is 9.58. The van der Waals surface area contributed by atoms with E-state index in [1.807, 2.05) is 19.1 Å². The number of nitrogens with one attached hydrogen (secondary N) is 2. The van der Waals surface area contributed by atoms with Gasteiger partial charge in [-0.3, -0.25) is 19.0 Å². The van der Waals surface area contributed by atoms with Crippen molar-refractivity contribution in [3.05, 3.63) is 82.6 Å². The minimum absolute atomic E-state index is 0.156. The van der Waals surface area contributed by atoms with Crippen LogP contribution in [-0.4, -0.2) is 28.5 Å². The van der Waals surface area contributed by atoms with Gasteiger partial charge in [0.2, 0.25) is 11.8 Å². The number of hydrogen-bond donors (Lipinski definition) is 2. The first-order valence-electron chi connectivity index (χ1n) is 10.7. The normalized spacial score (nSPS) is 10.7. The van der Waals surface area contributed by atoms with E-state index in [0.29, 0.717) is 33.7 Å². The van der Waals surface area contributed by atoms with Crippen molar-refractivity contribution in [1.29, 1.82) is 0 Å². The second-order valence-corrected chi connectivity index (χ2v) is 7.85. The number of fused-ring (bicyclic) bond motifs is 1. The summed E-state index contributed by atoms with van der Waals surface area (Å²) < 4.78 is 6.54. The van der Waals surface area contributed by atoms with Crippen LogP contribution in [-0.2, 0) is 16.1 Å². The average molecular weight is 457 g/mol. The third-order valence-corrected chi connectivity index (χ3v) is 5.27. The fraction of sp³-hybridized carbons (Fsp3) is 0.154. The number of carbonyl (C=O) groups excluding carboxylic acids is 2. The number of benzene rings is 3. The first-order valence-corrected chi connectivity index (χ1v) is 10.7. The Hall–Kier alpha value is -4.46. The summed E-state index contributed by atoms with van der Waals surface area (Å²) in [6, 6.07) is 19.4. The molecule has 0 aliphatic rings. The van der Waals surface area contributed by atoms with E-state index in [-0.39, 0.29) is 24.1 Å². The molecule has 0 bridgehead atoms. The van der Waals surface area contributed by atoms with Crippen molar-refractivity contribution >= 4 is 34.2 Å². The van der Waals surface area contributed by atoms with Crippen LogP contribution in [0.15, 0.2) is 71.5 Å². The predicted octanol–water partition coefficient (Wildman–Crippen LogP) is 3.98. The quantitative estimate of drug-likeness (QED) is 0.457. The molecule has 0 saturated carbocycles. The van der Waals surface area contributed by atoms with E-state index in [1.165, 1.54) is 11.5 Å². The van der Waals surface area contributed by atoms with E-state index in [2.05, 4.69) is 15.6 Å². The summed E-state index contributed by atoms with van der Waals surface area (Å²) in [6.07, 6.45) is 0. The molecule has 172 valence electrons. The SMILES string of the molecule is COc1ccc(NC(=O)Cn2c(=O)c(-c3cc(C)ccc3NC(C)=O)nc3ccccc32)cc1. The lowest BCUT2D eigenvalue weighted by molar-refractivity contribution is -0.117. The van der Waals surface area contributed by atoms with Crippen LogP contribution in [0.3, 0.4) is 0 Å². The maximum atomic E-state index is 13.6. The molecule has 0 fully saturated rings. The zero-order valence-electron chi connectivity index (χ0n) is 19.1. The van der Waals surface area contributed by atoms with Gasteiger partial charge in [-0.25, -0.2) is 4.98 Å². The summed E-state index contributed by atoms with van der Waals surface area (Å²) in [7, 11) is 1.57. The van der Waals surface area contributed by atoms with Crippen molar-refractivity contribution in [2.45, 2.75) is 20.4 Å². The molecule has 0 unspecified atom stereocenters. The Morgan fingerprint density at radius 2 is 1.74 bits per heavy atom. The summed E-state index contributed by atoms with van der Waals surface area (Å²) in [4.78, 5) is 42.8. The van der Waals surface area contributed by atoms with Crippen LogP contribution in [0, 0.1) is 6.92 Å². The van der Waals surface area contributed by atoms with Crippen LogP contribution in [0.1, 0.15) is 12.5 Å². The molecule has 1 aromatic heterocycles. The van der Waals surface area contributed by atoms with Crippen LogP contribution in [0.5, 0.6) is 5.75 Å². The Balaban J connectivity index is 1.78. The van der Waals surface area contributed by atoms with Crippen molar-refractivity contribution in [2.24, 2.45) is 0 Å². The van der Waals surface area contributed by atoms with Gasteiger partial charge in [0.15, 0.2) is 0 Å². The van der Waals surface area contributed by atoms with Crippen LogP contribution >= 0.6 is 0 Å². The Bertz CT molecular complexity index is 1440. The Labute approximate surface area is 196 Å². The van der Waals surface area contributed by atoms with Gasteiger partial charge in [-0.05, 0) is 55.5 Å². The molecule has 4 aromatic rings. The summed E-state index contributed by atoms with van der Waals surface area (Å²) in [5.41, 5.74) is 3.29. The lowest BCUT2D eigenvalue weighted by atomic mass is 10.1. The van der Waals surface area contributed by atoms with Gasteiger partial charge in [0.25, 0.3) is 5.56 Å². The second-order valence-electron chi connectivity index (χ2n) is 7.85. The molecule has 0 saturated heterocycles. The molecule has 2 amide bonds. The minimum atomic E-state index is -0.430. The molecule has 8 heteroatoms. The monoisotopic (exact) mass is 456 g/mol. The fourth-order valence-electron chi connectivity index (χ4n) is 3.70. The van der Waals surface area contributed by atoms with Crippen molar-refractivity contribution in [2.75, 3.05) is 17.7 Å². The fourth-order valence-corrected chi connectivity index (χ4v) is 3.70. The highest BCUT2D eigenvalue weighted by Gasteiger charge is 2.18. The number of hydrogen-bond acceptors (Lipinski definition) is 5. The van der Waals surface area contributed by atoms with Crippen LogP contribution in [0.25, 0.3) is 22.3 Å². The highest BCUT2D eigenvalue weighted by atomic mass is 16.5. The molecule has 2 N–H and O–H groups in total. The summed E-state index contributed by atoms with van der Waals surface area (Å²) in [5.74, 6) is 0.0538. The number of carbonyl (C=O) groups is 2. The number of nitrogens with zero attached hydrogens (tertiary/aromatic N) is 2. The van der Waals surface area contributed by atoms with E-state index in [4.69, 9.17) is 4.74 Å².